The third kappa shape index (κ3) is 13.7. The van der Waals surface area contributed by atoms with Crippen LogP contribution in [0.4, 0.5) is 17.5 Å². The average molecular weight is 915 g/mol. The van der Waals surface area contributed by atoms with E-state index in [2.05, 4.69) is 55.1 Å². The van der Waals surface area contributed by atoms with E-state index in [0.717, 1.165) is 106 Å². The van der Waals surface area contributed by atoms with Crippen LogP contribution in [0.3, 0.4) is 0 Å². The van der Waals surface area contributed by atoms with E-state index in [-0.39, 0.29) is 36.1 Å². The molecule has 1 aromatic carbocycles. The maximum absolute atomic E-state index is 13.2. The van der Waals surface area contributed by atoms with Gasteiger partial charge in [-0.25, -0.2) is 4.98 Å². The first-order valence-corrected chi connectivity index (χ1v) is 23.6. The normalized spacial score (nSPS) is 20.4. The number of hydrogen-bond acceptors (Lipinski definition) is 17. The number of piperidine rings is 1. The number of piperazine rings is 1. The Morgan fingerprint density at radius 3 is 2.15 bits per heavy atom. The highest BCUT2D eigenvalue weighted by atomic mass is 16.6. The smallest absolute Gasteiger partial charge is 0.264 e. The summed E-state index contributed by atoms with van der Waals surface area (Å²) in [6.45, 7) is 12.7. The van der Waals surface area contributed by atoms with Crippen molar-refractivity contribution in [1.29, 1.82) is 0 Å². The van der Waals surface area contributed by atoms with Gasteiger partial charge in [-0.05, 0) is 62.3 Å². The van der Waals surface area contributed by atoms with Gasteiger partial charge in [-0.1, -0.05) is 25.5 Å². The van der Waals surface area contributed by atoms with E-state index in [1.54, 1.807) is 18.2 Å². The molecule has 5 N–H and O–H groups in total. The van der Waals surface area contributed by atoms with Crippen LogP contribution in [0, 0.1) is 0 Å². The third-order valence-corrected chi connectivity index (χ3v) is 12.3. The van der Waals surface area contributed by atoms with Crippen molar-refractivity contribution in [2.24, 2.45) is 0 Å². The van der Waals surface area contributed by atoms with Crippen molar-refractivity contribution in [1.82, 2.24) is 35.0 Å². The Bertz CT molecular complexity index is 2060. The molecule has 5 heterocycles. The zero-order valence-corrected chi connectivity index (χ0v) is 38.1. The summed E-state index contributed by atoms with van der Waals surface area (Å²) >= 11 is 0. The number of benzene rings is 1. The van der Waals surface area contributed by atoms with Crippen LogP contribution in [0.1, 0.15) is 84.6 Å². The molecular weight excluding hydrogens is 849 g/mol. The number of fused-ring (bicyclic) bond motifs is 1. The maximum Gasteiger partial charge on any atom is 0.264 e. The highest BCUT2D eigenvalue weighted by molar-refractivity contribution is 6.25. The van der Waals surface area contributed by atoms with Crippen molar-refractivity contribution in [2.75, 3.05) is 115 Å². The molecule has 66 heavy (non-hydrogen) atoms. The number of nitrogens with one attached hydrogen (secondary N) is 4. The van der Waals surface area contributed by atoms with Crippen molar-refractivity contribution in [3.8, 4) is 11.3 Å². The number of aliphatic hydroxyl groups excluding tert-OH is 1. The Balaban J connectivity index is 0.697. The summed E-state index contributed by atoms with van der Waals surface area (Å²) in [5, 5.41) is 22.4. The number of carbonyl (C=O) groups is 4. The minimum Gasteiger partial charge on any atom is -0.393 e. The van der Waals surface area contributed by atoms with Crippen LogP contribution in [0.15, 0.2) is 42.7 Å². The summed E-state index contributed by atoms with van der Waals surface area (Å²) in [5.74, 6) is -0.748. The molecule has 19 heteroatoms. The molecule has 0 bridgehead atoms. The monoisotopic (exact) mass is 915 g/mol. The highest BCUT2D eigenvalue weighted by Gasteiger charge is 2.45. The van der Waals surface area contributed by atoms with Crippen LogP contribution in [0.25, 0.3) is 11.3 Å². The molecular formula is C47H66N10O9. The lowest BCUT2D eigenvalue weighted by atomic mass is 9.93. The number of aromatic nitrogens is 3. The SMILES string of the molecule is CCCCNc1ncc(-c2ccc(CN3CCN(CCOCCOCCOCCOCCNc4cccc5c4C(=O)N(C4CCC(=O)NC4=O)C5=O)CC3)cn2)c(N[C@H]2CC[C@H](O)CC2)n1. The molecule has 1 saturated carbocycles. The van der Waals surface area contributed by atoms with Gasteiger partial charge >= 0.3 is 0 Å². The fraction of sp³-hybridized carbons (Fsp3) is 0.596. The molecule has 2 saturated heterocycles. The molecule has 19 nitrogen and oxygen atoms in total. The second-order valence-corrected chi connectivity index (χ2v) is 17.1. The van der Waals surface area contributed by atoms with Gasteiger partial charge in [0, 0.05) is 82.9 Å². The van der Waals surface area contributed by atoms with Crippen molar-refractivity contribution in [3.05, 3.63) is 59.4 Å². The first kappa shape index (κ1) is 48.8. The van der Waals surface area contributed by atoms with E-state index in [0.29, 0.717) is 71.0 Å². The van der Waals surface area contributed by atoms with Gasteiger partial charge in [0.05, 0.1) is 81.3 Å². The molecule has 0 spiro atoms. The quantitative estimate of drug-likeness (QED) is 0.0577. The summed E-state index contributed by atoms with van der Waals surface area (Å²) in [4.78, 5) is 70.3. The van der Waals surface area contributed by atoms with Gasteiger partial charge in [0.25, 0.3) is 11.8 Å². The molecule has 7 rings (SSSR count). The van der Waals surface area contributed by atoms with E-state index in [1.165, 1.54) is 5.56 Å². The second-order valence-electron chi connectivity index (χ2n) is 17.1. The number of unbranched alkanes of at least 4 members (excludes halogenated alkanes) is 1. The van der Waals surface area contributed by atoms with Crippen molar-refractivity contribution >= 4 is 41.1 Å². The molecule has 1 atom stereocenters. The summed E-state index contributed by atoms with van der Waals surface area (Å²) in [6, 6.07) is 8.41. The molecule has 3 aromatic rings. The Hall–Kier alpha value is -5.15. The van der Waals surface area contributed by atoms with Crippen LogP contribution < -0.4 is 21.3 Å². The molecule has 4 amide bonds. The fourth-order valence-corrected chi connectivity index (χ4v) is 8.54. The van der Waals surface area contributed by atoms with E-state index in [1.807, 2.05) is 12.4 Å². The van der Waals surface area contributed by atoms with E-state index >= 15 is 0 Å². The van der Waals surface area contributed by atoms with Crippen LogP contribution in [-0.4, -0.2) is 175 Å². The van der Waals surface area contributed by atoms with Gasteiger partial charge < -0.3 is 40.0 Å². The molecule has 1 aliphatic carbocycles. The number of carbonyl (C=O) groups excluding carboxylic acids is 4. The van der Waals surface area contributed by atoms with E-state index in [4.69, 9.17) is 28.9 Å². The van der Waals surface area contributed by atoms with Gasteiger partial charge in [-0.15, -0.1) is 0 Å². The zero-order valence-electron chi connectivity index (χ0n) is 38.1. The predicted molar refractivity (Wildman–Crippen MR) is 247 cm³/mol. The largest absolute Gasteiger partial charge is 0.393 e. The summed E-state index contributed by atoms with van der Waals surface area (Å²) in [6.07, 6.45) is 9.34. The second kappa shape index (κ2) is 25.1. The number of nitrogens with zero attached hydrogens (tertiary/aromatic N) is 6. The number of imide groups is 2. The minimum absolute atomic E-state index is 0.0677. The van der Waals surface area contributed by atoms with Crippen LogP contribution in [0.2, 0.25) is 0 Å². The predicted octanol–water partition coefficient (Wildman–Crippen LogP) is 3.16. The van der Waals surface area contributed by atoms with Crippen LogP contribution in [0.5, 0.6) is 0 Å². The summed E-state index contributed by atoms with van der Waals surface area (Å²) < 4.78 is 22.8. The molecule has 1 unspecified atom stereocenters. The number of hydrogen-bond donors (Lipinski definition) is 5. The van der Waals surface area contributed by atoms with Crippen LogP contribution >= 0.6 is 0 Å². The molecule has 0 radical (unpaired) electrons. The van der Waals surface area contributed by atoms with Gasteiger partial charge in [0.2, 0.25) is 17.8 Å². The lowest BCUT2D eigenvalue weighted by Crippen LogP contribution is -2.54. The molecule has 2 aromatic heterocycles. The summed E-state index contributed by atoms with van der Waals surface area (Å²) in [5.41, 5.74) is 3.82. The number of anilines is 3. The van der Waals surface area contributed by atoms with Crippen molar-refractivity contribution < 1.29 is 43.2 Å². The summed E-state index contributed by atoms with van der Waals surface area (Å²) in [7, 11) is 0. The Labute approximate surface area is 386 Å². The first-order valence-electron chi connectivity index (χ1n) is 23.6. The topological polar surface area (TPSA) is 222 Å². The number of aliphatic hydroxyl groups is 1. The Morgan fingerprint density at radius 2 is 1.45 bits per heavy atom. The lowest BCUT2D eigenvalue weighted by molar-refractivity contribution is -0.136. The van der Waals surface area contributed by atoms with Gasteiger partial charge in [-0.2, -0.15) is 4.98 Å². The average Bonchev–Trinajstić information content (AvgIpc) is 3.58. The fourth-order valence-electron chi connectivity index (χ4n) is 8.54. The third-order valence-electron chi connectivity index (χ3n) is 12.3. The number of amides is 4. The number of rotatable bonds is 26. The number of pyridine rings is 1. The minimum atomic E-state index is -1.01. The van der Waals surface area contributed by atoms with Crippen molar-refractivity contribution in [2.45, 2.75) is 83.0 Å². The van der Waals surface area contributed by atoms with Gasteiger partial charge in [-0.3, -0.25) is 44.2 Å². The van der Waals surface area contributed by atoms with E-state index in [9.17, 15) is 24.3 Å². The van der Waals surface area contributed by atoms with E-state index < -0.39 is 29.7 Å². The van der Waals surface area contributed by atoms with Crippen LogP contribution in [-0.2, 0) is 35.1 Å². The Kier molecular flexibility index (Phi) is 18.6. The molecule has 358 valence electrons. The Morgan fingerprint density at radius 1 is 0.742 bits per heavy atom. The number of ether oxygens (including phenoxy) is 4. The highest BCUT2D eigenvalue weighted by Crippen LogP contribution is 2.33. The van der Waals surface area contributed by atoms with Gasteiger partial charge in [0.15, 0.2) is 0 Å². The first-order chi connectivity index (χ1) is 32.3. The standard InChI is InChI=1S/C47H66N10O9/c1-2-3-15-49-47-51-31-37(43(54-47)52-34-8-10-35(58)11-9-34)38-12-7-33(30-50-38)32-56-19-17-55(18-20-56)21-23-64-25-27-66-29-28-65-26-24-63-22-16-48-39-6-4-5-36-42(39)46(62)57(45(36)61)40-13-14-41(59)53-44(40)60/h4-7,12,30-31,34-35,40,48,58H,2-3,8-11,13-29,32H2,1H3,(H,53,59,60)(H2,49,51,52,54)/t34-,35-,40?. The van der Waals surface area contributed by atoms with Gasteiger partial charge in [0.1, 0.15) is 11.9 Å². The molecule has 4 aliphatic rings. The van der Waals surface area contributed by atoms with Crippen molar-refractivity contribution in [3.63, 3.8) is 0 Å². The zero-order chi connectivity index (χ0) is 46.1. The maximum atomic E-state index is 13.2. The molecule has 3 fully saturated rings. The molecule has 3 aliphatic heterocycles. The lowest BCUT2D eigenvalue weighted by Gasteiger charge is -2.34.